The van der Waals surface area contributed by atoms with Crippen LogP contribution >= 0.6 is 0 Å². The zero-order valence-corrected chi connectivity index (χ0v) is 12.7. The second-order valence-corrected chi connectivity index (χ2v) is 6.25. The number of aryl methyl sites for hydroxylation is 1. The number of carbonyl (C=O) groups excluding carboxylic acids is 1. The van der Waals surface area contributed by atoms with Crippen molar-refractivity contribution >= 4 is 5.91 Å². The molecule has 0 fully saturated rings. The number of amides is 1. The maximum Gasteiger partial charge on any atom is 0.252 e. The number of fused-ring (bicyclic) bond motifs is 3. The highest BCUT2D eigenvalue weighted by atomic mass is 16.5. The second kappa shape index (κ2) is 4.87. The Bertz CT molecular complexity index is 753. The van der Waals surface area contributed by atoms with Crippen molar-refractivity contribution in [2.45, 2.75) is 31.2 Å². The quantitative estimate of drug-likeness (QED) is 0.877. The van der Waals surface area contributed by atoms with Crippen molar-refractivity contribution in [3.63, 3.8) is 0 Å². The molecule has 3 nitrogen and oxygen atoms in total. The molecule has 2 aromatic rings. The van der Waals surface area contributed by atoms with Crippen molar-refractivity contribution in [3.05, 3.63) is 64.7 Å². The summed E-state index contributed by atoms with van der Waals surface area (Å²) in [6.07, 6.45) is 4.00. The lowest BCUT2D eigenvalue weighted by Crippen LogP contribution is -2.52. The van der Waals surface area contributed by atoms with E-state index in [0.29, 0.717) is 0 Å². The highest BCUT2D eigenvalue weighted by molar-refractivity contribution is 5.97. The zero-order chi connectivity index (χ0) is 15.2. The number of nitrogens with one attached hydrogen (secondary N) is 1. The molecule has 0 saturated carbocycles. The first-order valence-electron chi connectivity index (χ1n) is 7.80. The Morgan fingerprint density at radius 3 is 2.86 bits per heavy atom. The first-order chi connectivity index (χ1) is 10.7. The number of carbonyl (C=O) groups is 1. The Morgan fingerprint density at radius 1 is 1.14 bits per heavy atom. The van der Waals surface area contributed by atoms with Gasteiger partial charge >= 0.3 is 0 Å². The molecule has 2 aliphatic rings. The first kappa shape index (κ1) is 13.4. The van der Waals surface area contributed by atoms with Crippen LogP contribution < -0.4 is 10.1 Å². The maximum atomic E-state index is 12.6. The van der Waals surface area contributed by atoms with Gasteiger partial charge in [0.25, 0.3) is 5.91 Å². The Balaban J connectivity index is 1.83. The molecule has 112 valence electrons. The Morgan fingerprint density at radius 2 is 2.00 bits per heavy atom. The van der Waals surface area contributed by atoms with E-state index in [1.165, 1.54) is 11.1 Å². The molecule has 2 aromatic carbocycles. The topological polar surface area (TPSA) is 38.3 Å². The number of hydrogen-bond acceptors (Lipinski definition) is 2. The number of benzene rings is 2. The lowest BCUT2D eigenvalue weighted by atomic mass is 9.71. The van der Waals surface area contributed by atoms with E-state index in [9.17, 15) is 4.79 Å². The van der Waals surface area contributed by atoms with E-state index in [2.05, 4.69) is 23.5 Å². The van der Waals surface area contributed by atoms with Crippen molar-refractivity contribution in [2.24, 2.45) is 0 Å². The molecule has 1 N–H and O–H groups in total. The zero-order valence-electron chi connectivity index (χ0n) is 12.7. The van der Waals surface area contributed by atoms with E-state index in [1.807, 2.05) is 24.3 Å². The second-order valence-electron chi connectivity index (χ2n) is 6.25. The lowest BCUT2D eigenvalue weighted by Gasteiger charge is -2.43. The molecule has 0 aromatic heterocycles. The summed E-state index contributed by atoms with van der Waals surface area (Å²) in [6, 6.07) is 14.2. The molecule has 22 heavy (non-hydrogen) atoms. The van der Waals surface area contributed by atoms with Gasteiger partial charge in [-0.2, -0.15) is 0 Å². The third-order valence-corrected chi connectivity index (χ3v) is 4.98. The number of hydrogen-bond donors (Lipinski definition) is 1. The van der Waals surface area contributed by atoms with Crippen LogP contribution in [0.4, 0.5) is 0 Å². The smallest absolute Gasteiger partial charge is 0.252 e. The van der Waals surface area contributed by atoms with Crippen LogP contribution in [0.3, 0.4) is 0 Å². The fourth-order valence-corrected chi connectivity index (χ4v) is 3.95. The molecule has 0 bridgehead atoms. The summed E-state index contributed by atoms with van der Waals surface area (Å²) in [5.74, 6) is 0.934. The van der Waals surface area contributed by atoms with Gasteiger partial charge in [0, 0.05) is 12.0 Å². The number of methoxy groups -OCH3 is 1. The van der Waals surface area contributed by atoms with E-state index >= 15 is 0 Å². The summed E-state index contributed by atoms with van der Waals surface area (Å²) in [7, 11) is 1.69. The summed E-state index contributed by atoms with van der Waals surface area (Å²) in [5, 5.41) is 3.30. The van der Waals surface area contributed by atoms with Gasteiger partial charge in [0.2, 0.25) is 0 Å². The minimum Gasteiger partial charge on any atom is -0.497 e. The summed E-state index contributed by atoms with van der Waals surface area (Å²) >= 11 is 0. The largest absolute Gasteiger partial charge is 0.497 e. The van der Waals surface area contributed by atoms with E-state index in [0.717, 1.165) is 42.6 Å². The molecule has 1 atom stereocenters. The Hall–Kier alpha value is -2.29. The van der Waals surface area contributed by atoms with Crippen LogP contribution in [0.25, 0.3) is 0 Å². The van der Waals surface area contributed by atoms with Gasteiger partial charge in [0.15, 0.2) is 0 Å². The van der Waals surface area contributed by atoms with Crippen LogP contribution in [0.1, 0.15) is 39.9 Å². The highest BCUT2D eigenvalue weighted by Crippen LogP contribution is 2.41. The summed E-state index contributed by atoms with van der Waals surface area (Å²) < 4.78 is 5.35. The van der Waals surface area contributed by atoms with Crippen LogP contribution in [0.15, 0.2) is 42.5 Å². The third-order valence-electron chi connectivity index (χ3n) is 4.98. The maximum absolute atomic E-state index is 12.6. The summed E-state index contributed by atoms with van der Waals surface area (Å²) in [5.41, 5.74) is 4.25. The predicted octanol–water partition coefficient (Wildman–Crippen LogP) is 3.21. The van der Waals surface area contributed by atoms with E-state index in [-0.39, 0.29) is 11.4 Å². The van der Waals surface area contributed by atoms with Gasteiger partial charge in [-0.25, -0.2) is 0 Å². The predicted molar refractivity (Wildman–Crippen MR) is 85.2 cm³/mol. The summed E-state index contributed by atoms with van der Waals surface area (Å²) in [6.45, 7) is 0. The Kier molecular flexibility index (Phi) is 2.96. The molecule has 1 spiro atoms. The van der Waals surface area contributed by atoms with Crippen LogP contribution in [0, 0.1) is 0 Å². The minimum absolute atomic E-state index is 0.0468. The minimum atomic E-state index is -0.259. The van der Waals surface area contributed by atoms with Crippen LogP contribution in [0.5, 0.6) is 5.75 Å². The SMILES string of the molecule is COc1ccc2c(c1)CCCC21Cc2ccccc2C(=O)N1. The van der Waals surface area contributed by atoms with Crippen LogP contribution in [-0.2, 0) is 18.4 Å². The molecule has 1 unspecified atom stereocenters. The third kappa shape index (κ3) is 1.92. The average Bonchev–Trinajstić information content (AvgIpc) is 2.55. The average molecular weight is 293 g/mol. The molecule has 1 amide bonds. The molecule has 0 saturated heterocycles. The molecule has 0 radical (unpaired) electrons. The standard InChI is InChI=1S/C19H19NO2/c1-22-15-8-9-17-13(11-15)6-4-10-19(17)12-14-5-2-3-7-16(14)18(21)20-19/h2-3,5,7-9,11H,4,6,10,12H2,1H3,(H,20,21). The Labute approximate surface area is 130 Å². The fourth-order valence-electron chi connectivity index (χ4n) is 3.95. The van der Waals surface area contributed by atoms with Gasteiger partial charge in [-0.1, -0.05) is 24.3 Å². The molecule has 4 rings (SSSR count). The fraction of sp³-hybridized carbons (Fsp3) is 0.316. The summed E-state index contributed by atoms with van der Waals surface area (Å²) in [4.78, 5) is 12.6. The van der Waals surface area contributed by atoms with E-state index in [4.69, 9.17) is 4.74 Å². The number of ether oxygens (including phenoxy) is 1. The van der Waals surface area contributed by atoms with Crippen LogP contribution in [0.2, 0.25) is 0 Å². The molecule has 1 aliphatic heterocycles. The van der Waals surface area contributed by atoms with Gasteiger partial charge in [-0.3, -0.25) is 4.79 Å². The van der Waals surface area contributed by atoms with Crippen molar-refractivity contribution < 1.29 is 9.53 Å². The van der Waals surface area contributed by atoms with Gasteiger partial charge in [-0.15, -0.1) is 0 Å². The molecule has 1 heterocycles. The first-order valence-corrected chi connectivity index (χ1v) is 7.80. The van der Waals surface area contributed by atoms with Crippen molar-refractivity contribution in [2.75, 3.05) is 7.11 Å². The molecule has 3 heteroatoms. The molecular weight excluding hydrogens is 274 g/mol. The van der Waals surface area contributed by atoms with E-state index < -0.39 is 0 Å². The van der Waals surface area contributed by atoms with Gasteiger partial charge in [0.1, 0.15) is 5.75 Å². The van der Waals surface area contributed by atoms with E-state index in [1.54, 1.807) is 7.11 Å². The number of rotatable bonds is 1. The van der Waals surface area contributed by atoms with Crippen molar-refractivity contribution in [1.82, 2.24) is 5.32 Å². The monoisotopic (exact) mass is 293 g/mol. The van der Waals surface area contributed by atoms with Gasteiger partial charge in [0.05, 0.1) is 12.6 Å². The van der Waals surface area contributed by atoms with Crippen LogP contribution in [-0.4, -0.2) is 13.0 Å². The molecule has 1 aliphatic carbocycles. The van der Waals surface area contributed by atoms with Gasteiger partial charge in [-0.05, 0) is 54.2 Å². The van der Waals surface area contributed by atoms with Crippen molar-refractivity contribution in [3.8, 4) is 5.75 Å². The van der Waals surface area contributed by atoms with Crippen molar-refractivity contribution in [1.29, 1.82) is 0 Å². The lowest BCUT2D eigenvalue weighted by molar-refractivity contribution is 0.0862. The molecular formula is C19H19NO2. The normalized spacial score (nSPS) is 22.7. The highest BCUT2D eigenvalue weighted by Gasteiger charge is 2.41. The van der Waals surface area contributed by atoms with Gasteiger partial charge < -0.3 is 10.1 Å².